The van der Waals surface area contributed by atoms with Gasteiger partial charge >= 0.3 is 6.03 Å². The molecule has 0 radical (unpaired) electrons. The number of urea groups is 1. The molecule has 1 aromatic rings. The van der Waals surface area contributed by atoms with Gasteiger partial charge in [0.1, 0.15) is 5.75 Å². The Morgan fingerprint density at radius 2 is 1.95 bits per heavy atom. The lowest BCUT2D eigenvalue weighted by atomic mass is 10.00. The number of benzene rings is 1. The minimum Gasteiger partial charge on any atom is -0.496 e. The zero-order valence-electron chi connectivity index (χ0n) is 13.0. The topological polar surface area (TPSA) is 50.4 Å². The molecule has 0 spiro atoms. The molecule has 20 heavy (non-hydrogen) atoms. The summed E-state index contributed by atoms with van der Waals surface area (Å²) in [6.07, 6.45) is 1.71. The predicted octanol–water partition coefficient (Wildman–Crippen LogP) is 3.07. The number of ether oxygens (including phenoxy) is 1. The van der Waals surface area contributed by atoms with Crippen molar-refractivity contribution in [1.29, 1.82) is 0 Å². The van der Waals surface area contributed by atoms with E-state index in [1.54, 1.807) is 7.11 Å². The van der Waals surface area contributed by atoms with Crippen LogP contribution in [-0.4, -0.2) is 26.2 Å². The highest BCUT2D eigenvalue weighted by atomic mass is 16.5. The van der Waals surface area contributed by atoms with Crippen molar-refractivity contribution < 1.29 is 9.53 Å². The van der Waals surface area contributed by atoms with Crippen LogP contribution in [0.5, 0.6) is 5.75 Å². The van der Waals surface area contributed by atoms with E-state index in [4.69, 9.17) is 4.74 Å². The summed E-state index contributed by atoms with van der Waals surface area (Å²) in [4.78, 5) is 11.4. The van der Waals surface area contributed by atoms with Crippen LogP contribution in [0.25, 0.3) is 0 Å². The molecule has 0 aliphatic heterocycles. The first-order valence-electron chi connectivity index (χ1n) is 7.27. The third-order valence-electron chi connectivity index (χ3n) is 3.19. The first-order valence-corrected chi connectivity index (χ1v) is 7.27. The fourth-order valence-electron chi connectivity index (χ4n) is 1.94. The molecule has 112 valence electrons. The molecule has 0 bridgehead atoms. The van der Waals surface area contributed by atoms with Gasteiger partial charge in [-0.1, -0.05) is 32.9 Å². The number of carbonyl (C=O) groups is 1. The van der Waals surface area contributed by atoms with Crippen molar-refractivity contribution in [3.8, 4) is 5.75 Å². The highest BCUT2D eigenvalue weighted by Gasteiger charge is 2.07. The van der Waals surface area contributed by atoms with Gasteiger partial charge in [0.15, 0.2) is 0 Å². The first-order chi connectivity index (χ1) is 9.58. The number of rotatable bonds is 7. The van der Waals surface area contributed by atoms with Crippen molar-refractivity contribution in [3.05, 3.63) is 29.3 Å². The predicted molar refractivity (Wildman–Crippen MR) is 82.5 cm³/mol. The maximum Gasteiger partial charge on any atom is 0.314 e. The van der Waals surface area contributed by atoms with E-state index in [2.05, 4.69) is 42.7 Å². The van der Waals surface area contributed by atoms with Gasteiger partial charge in [0.25, 0.3) is 0 Å². The standard InChI is InChI=1S/C16H26N2O2/c1-5-9-17-16(19)18-10-8-13-6-7-14(12(2)3)11-15(13)20-4/h6-7,11-12H,5,8-10H2,1-4H3,(H2,17,18,19). The Bertz CT molecular complexity index is 430. The van der Waals surface area contributed by atoms with Gasteiger partial charge in [-0.3, -0.25) is 0 Å². The van der Waals surface area contributed by atoms with E-state index >= 15 is 0 Å². The second kappa shape index (κ2) is 8.46. The summed E-state index contributed by atoms with van der Waals surface area (Å²) in [6, 6.07) is 6.18. The van der Waals surface area contributed by atoms with Gasteiger partial charge in [-0.05, 0) is 36.0 Å². The lowest BCUT2D eigenvalue weighted by molar-refractivity contribution is 0.241. The smallest absolute Gasteiger partial charge is 0.314 e. The van der Waals surface area contributed by atoms with E-state index in [9.17, 15) is 4.79 Å². The maximum absolute atomic E-state index is 11.4. The van der Waals surface area contributed by atoms with Gasteiger partial charge in [-0.2, -0.15) is 0 Å². The third kappa shape index (κ3) is 5.11. The molecule has 2 amide bonds. The highest BCUT2D eigenvalue weighted by molar-refractivity contribution is 5.73. The van der Waals surface area contributed by atoms with Crippen molar-refractivity contribution >= 4 is 6.03 Å². The fourth-order valence-corrected chi connectivity index (χ4v) is 1.94. The van der Waals surface area contributed by atoms with E-state index in [-0.39, 0.29) is 6.03 Å². The highest BCUT2D eigenvalue weighted by Crippen LogP contribution is 2.24. The Morgan fingerprint density at radius 3 is 2.55 bits per heavy atom. The lowest BCUT2D eigenvalue weighted by Crippen LogP contribution is -2.36. The Labute approximate surface area is 121 Å². The van der Waals surface area contributed by atoms with E-state index in [0.717, 1.165) is 24.2 Å². The summed E-state index contributed by atoms with van der Waals surface area (Å²) >= 11 is 0. The molecule has 4 nitrogen and oxygen atoms in total. The van der Waals surface area contributed by atoms with Crippen molar-refractivity contribution in [1.82, 2.24) is 10.6 Å². The monoisotopic (exact) mass is 278 g/mol. The lowest BCUT2D eigenvalue weighted by Gasteiger charge is -2.13. The van der Waals surface area contributed by atoms with E-state index in [1.807, 2.05) is 6.92 Å². The number of amides is 2. The van der Waals surface area contributed by atoms with E-state index < -0.39 is 0 Å². The van der Waals surface area contributed by atoms with Crippen LogP contribution >= 0.6 is 0 Å². The SMILES string of the molecule is CCCNC(=O)NCCc1ccc(C(C)C)cc1OC. The number of carbonyl (C=O) groups excluding carboxylic acids is 1. The summed E-state index contributed by atoms with van der Waals surface area (Å²) in [6.45, 7) is 7.66. The van der Waals surface area contributed by atoms with Gasteiger partial charge < -0.3 is 15.4 Å². The van der Waals surface area contributed by atoms with Crippen LogP contribution in [0.2, 0.25) is 0 Å². The zero-order chi connectivity index (χ0) is 15.0. The van der Waals surface area contributed by atoms with Crippen LogP contribution in [0.3, 0.4) is 0 Å². The summed E-state index contributed by atoms with van der Waals surface area (Å²) in [7, 11) is 1.68. The van der Waals surface area contributed by atoms with Crippen molar-refractivity contribution in [2.45, 2.75) is 39.5 Å². The van der Waals surface area contributed by atoms with Gasteiger partial charge in [0.2, 0.25) is 0 Å². The van der Waals surface area contributed by atoms with E-state index in [1.165, 1.54) is 5.56 Å². The summed E-state index contributed by atoms with van der Waals surface area (Å²) in [5.74, 6) is 1.38. The van der Waals surface area contributed by atoms with Gasteiger partial charge in [-0.15, -0.1) is 0 Å². The molecule has 0 aromatic heterocycles. The molecule has 1 rings (SSSR count). The molecule has 1 aromatic carbocycles. The van der Waals surface area contributed by atoms with Gasteiger partial charge in [-0.25, -0.2) is 4.79 Å². The average molecular weight is 278 g/mol. The van der Waals surface area contributed by atoms with Crippen molar-refractivity contribution in [2.75, 3.05) is 20.2 Å². The Morgan fingerprint density at radius 1 is 1.25 bits per heavy atom. The normalized spacial score (nSPS) is 10.4. The molecule has 0 atom stereocenters. The van der Waals surface area contributed by atoms with Crippen LogP contribution in [0.4, 0.5) is 4.79 Å². The minimum atomic E-state index is -0.107. The molecule has 0 heterocycles. The number of hydrogen-bond donors (Lipinski definition) is 2. The molecule has 0 saturated heterocycles. The summed E-state index contributed by atoms with van der Waals surface area (Å²) < 4.78 is 5.43. The first kappa shape index (κ1) is 16.3. The Kier molecular flexibility index (Phi) is 6.91. The molecule has 4 heteroatoms. The molecule has 0 unspecified atom stereocenters. The molecule has 2 N–H and O–H groups in total. The summed E-state index contributed by atoms with van der Waals surface area (Å²) in [5, 5.41) is 5.64. The Balaban J connectivity index is 2.53. The fraction of sp³-hybridized carbons (Fsp3) is 0.562. The molecule has 0 aliphatic rings. The van der Waals surface area contributed by atoms with E-state index in [0.29, 0.717) is 19.0 Å². The second-order valence-electron chi connectivity index (χ2n) is 5.16. The molecule has 0 saturated carbocycles. The molecular formula is C16H26N2O2. The second-order valence-corrected chi connectivity index (χ2v) is 5.16. The number of nitrogens with one attached hydrogen (secondary N) is 2. The van der Waals surface area contributed by atoms with Crippen LogP contribution in [0.15, 0.2) is 18.2 Å². The molecule has 0 fully saturated rings. The Hall–Kier alpha value is -1.71. The van der Waals surface area contributed by atoms with Crippen LogP contribution < -0.4 is 15.4 Å². The number of methoxy groups -OCH3 is 1. The van der Waals surface area contributed by atoms with Crippen molar-refractivity contribution in [2.24, 2.45) is 0 Å². The van der Waals surface area contributed by atoms with Gasteiger partial charge in [0, 0.05) is 13.1 Å². The van der Waals surface area contributed by atoms with Gasteiger partial charge in [0.05, 0.1) is 7.11 Å². The zero-order valence-corrected chi connectivity index (χ0v) is 13.0. The molecular weight excluding hydrogens is 252 g/mol. The summed E-state index contributed by atoms with van der Waals surface area (Å²) in [5.41, 5.74) is 2.38. The van der Waals surface area contributed by atoms with Crippen LogP contribution in [0, 0.1) is 0 Å². The third-order valence-corrected chi connectivity index (χ3v) is 3.19. The number of hydrogen-bond acceptors (Lipinski definition) is 2. The largest absolute Gasteiger partial charge is 0.496 e. The minimum absolute atomic E-state index is 0.107. The van der Waals surface area contributed by atoms with Crippen LogP contribution in [-0.2, 0) is 6.42 Å². The maximum atomic E-state index is 11.4. The average Bonchev–Trinajstić information content (AvgIpc) is 2.45. The quantitative estimate of drug-likeness (QED) is 0.805. The molecule has 0 aliphatic carbocycles. The van der Waals surface area contributed by atoms with Crippen molar-refractivity contribution in [3.63, 3.8) is 0 Å². The van der Waals surface area contributed by atoms with Crippen LogP contribution in [0.1, 0.15) is 44.2 Å².